The van der Waals surface area contributed by atoms with Crippen LogP contribution in [-0.2, 0) is 20.3 Å². The van der Waals surface area contributed by atoms with E-state index in [1.165, 1.54) is 38.3 Å². The van der Waals surface area contributed by atoms with Gasteiger partial charge in [-0.25, -0.2) is 4.79 Å². The van der Waals surface area contributed by atoms with Crippen molar-refractivity contribution in [2.45, 2.75) is 39.0 Å². The van der Waals surface area contributed by atoms with E-state index in [-0.39, 0.29) is 6.61 Å². The summed E-state index contributed by atoms with van der Waals surface area (Å²) in [7, 11) is 1.44. The van der Waals surface area contributed by atoms with Gasteiger partial charge in [0.15, 0.2) is 0 Å². The third-order valence-electron chi connectivity index (χ3n) is 3.08. The Labute approximate surface area is 129 Å². The van der Waals surface area contributed by atoms with E-state index in [4.69, 9.17) is 4.84 Å². The minimum absolute atomic E-state index is 0.0891. The molecule has 1 aromatic carbocycles. The molecule has 0 aliphatic rings. The Kier molecular flexibility index (Phi) is 6.95. The lowest BCUT2D eigenvalue weighted by molar-refractivity contribution is -0.173. The largest absolute Gasteiger partial charge is 0.461 e. The number of benzene rings is 1. The number of halogens is 2. The highest BCUT2D eigenvalue weighted by Gasteiger charge is 2.42. The molecule has 0 radical (unpaired) electrons. The minimum Gasteiger partial charge on any atom is -0.461 e. The number of hydrogen-bond donors (Lipinski definition) is 0. The van der Waals surface area contributed by atoms with Crippen LogP contribution in [-0.4, -0.2) is 25.4 Å². The van der Waals surface area contributed by atoms with Crippen LogP contribution < -0.4 is 0 Å². The van der Waals surface area contributed by atoms with Crippen molar-refractivity contribution in [3.8, 4) is 0 Å². The molecular formula is C16H21F2NO3. The van der Waals surface area contributed by atoms with E-state index in [9.17, 15) is 13.6 Å². The lowest BCUT2D eigenvalue weighted by Gasteiger charge is -2.15. The van der Waals surface area contributed by atoms with Crippen molar-refractivity contribution in [1.82, 2.24) is 0 Å². The maximum atomic E-state index is 13.9. The molecule has 0 fully saturated rings. The Morgan fingerprint density at radius 1 is 1.23 bits per heavy atom. The van der Waals surface area contributed by atoms with E-state index in [2.05, 4.69) is 9.89 Å². The van der Waals surface area contributed by atoms with Gasteiger partial charge in [-0.15, -0.1) is 0 Å². The van der Waals surface area contributed by atoms with Crippen molar-refractivity contribution in [1.29, 1.82) is 0 Å². The van der Waals surface area contributed by atoms with E-state index >= 15 is 0 Å². The second-order valence-electron chi connectivity index (χ2n) is 4.70. The molecule has 0 spiro atoms. The molecule has 0 bridgehead atoms. The fourth-order valence-corrected chi connectivity index (χ4v) is 1.91. The molecule has 0 unspecified atom stereocenters. The summed E-state index contributed by atoms with van der Waals surface area (Å²) in [5.41, 5.74) is 0.982. The normalized spacial score (nSPS) is 12.1. The van der Waals surface area contributed by atoms with Gasteiger partial charge in [0.05, 0.1) is 12.3 Å². The molecule has 1 aromatic rings. The van der Waals surface area contributed by atoms with Crippen molar-refractivity contribution in [3.05, 3.63) is 35.4 Å². The number of alkyl halides is 2. The van der Waals surface area contributed by atoms with Gasteiger partial charge in [-0.1, -0.05) is 42.8 Å². The third-order valence-corrected chi connectivity index (χ3v) is 3.08. The molecule has 0 atom stereocenters. The van der Waals surface area contributed by atoms with E-state index in [0.717, 1.165) is 12.8 Å². The van der Waals surface area contributed by atoms with Gasteiger partial charge in [-0.3, -0.25) is 0 Å². The lowest BCUT2D eigenvalue weighted by atomic mass is 10.0. The SMILES string of the molecule is CCCC/C(=N\OC)c1ccc(C(F)(F)C(=O)OCC)cc1. The van der Waals surface area contributed by atoms with Crippen molar-refractivity contribution in [3.63, 3.8) is 0 Å². The monoisotopic (exact) mass is 313 g/mol. The molecule has 0 N–H and O–H groups in total. The summed E-state index contributed by atoms with van der Waals surface area (Å²) >= 11 is 0. The van der Waals surface area contributed by atoms with Crippen molar-refractivity contribution >= 4 is 11.7 Å². The quantitative estimate of drug-likeness (QED) is 0.416. The van der Waals surface area contributed by atoms with E-state index < -0.39 is 17.5 Å². The van der Waals surface area contributed by atoms with E-state index in [1.54, 1.807) is 0 Å². The zero-order chi connectivity index (χ0) is 16.6. The first-order valence-corrected chi connectivity index (χ1v) is 7.23. The first-order chi connectivity index (χ1) is 10.5. The molecule has 0 amide bonds. The maximum absolute atomic E-state index is 13.9. The molecule has 6 heteroatoms. The number of esters is 1. The van der Waals surface area contributed by atoms with Crippen molar-refractivity contribution in [2.24, 2.45) is 5.16 Å². The molecule has 4 nitrogen and oxygen atoms in total. The number of nitrogens with zero attached hydrogens (tertiary/aromatic N) is 1. The first-order valence-electron chi connectivity index (χ1n) is 7.23. The average molecular weight is 313 g/mol. The van der Waals surface area contributed by atoms with Crippen molar-refractivity contribution < 1.29 is 23.1 Å². The van der Waals surface area contributed by atoms with Gasteiger partial charge in [-0.2, -0.15) is 8.78 Å². The van der Waals surface area contributed by atoms with Gasteiger partial charge >= 0.3 is 11.9 Å². The van der Waals surface area contributed by atoms with Crippen LogP contribution in [0.4, 0.5) is 8.78 Å². The van der Waals surface area contributed by atoms with Crippen LogP contribution in [0.15, 0.2) is 29.4 Å². The average Bonchev–Trinajstić information content (AvgIpc) is 2.51. The predicted octanol–water partition coefficient (Wildman–Crippen LogP) is 3.88. The zero-order valence-electron chi connectivity index (χ0n) is 13.1. The predicted molar refractivity (Wildman–Crippen MR) is 80.0 cm³/mol. The minimum atomic E-state index is -3.66. The molecule has 0 heterocycles. The lowest BCUT2D eigenvalue weighted by Crippen LogP contribution is -2.28. The highest BCUT2D eigenvalue weighted by atomic mass is 19.3. The van der Waals surface area contributed by atoms with E-state index in [1.807, 2.05) is 6.92 Å². The van der Waals surface area contributed by atoms with Crippen LogP contribution in [0.25, 0.3) is 0 Å². The summed E-state index contributed by atoms with van der Waals surface area (Å²) < 4.78 is 32.2. The second kappa shape index (κ2) is 8.46. The van der Waals surface area contributed by atoms with Gasteiger partial charge < -0.3 is 9.57 Å². The third kappa shape index (κ3) is 4.51. The molecule has 122 valence electrons. The maximum Gasteiger partial charge on any atom is 0.381 e. The molecule has 1 rings (SSSR count). The Bertz CT molecular complexity index is 513. The number of carbonyl (C=O) groups excluding carboxylic acids is 1. The number of oxime groups is 1. The van der Waals surface area contributed by atoms with Crippen molar-refractivity contribution in [2.75, 3.05) is 13.7 Å². The Morgan fingerprint density at radius 3 is 2.36 bits per heavy atom. The summed E-state index contributed by atoms with van der Waals surface area (Å²) in [4.78, 5) is 16.1. The highest BCUT2D eigenvalue weighted by molar-refractivity contribution is 6.00. The molecule has 0 aliphatic heterocycles. The topological polar surface area (TPSA) is 47.9 Å². The van der Waals surface area contributed by atoms with Crippen LogP contribution in [0.2, 0.25) is 0 Å². The number of ether oxygens (including phenoxy) is 1. The number of rotatable bonds is 8. The van der Waals surface area contributed by atoms with Gasteiger partial charge in [-0.05, 0) is 25.3 Å². The fraction of sp³-hybridized carbons (Fsp3) is 0.500. The Hall–Kier alpha value is -1.98. The summed E-state index contributed by atoms with van der Waals surface area (Å²) in [6.07, 6.45) is 2.60. The fourth-order valence-electron chi connectivity index (χ4n) is 1.91. The molecular weight excluding hydrogens is 292 g/mol. The summed E-state index contributed by atoms with van der Waals surface area (Å²) in [5.74, 6) is -5.20. The zero-order valence-corrected chi connectivity index (χ0v) is 13.1. The molecule has 0 saturated heterocycles. The molecule has 0 saturated carbocycles. The number of carbonyl (C=O) groups is 1. The standard InChI is InChI=1S/C16H21F2NO3/c1-4-6-7-14(19-21-3)12-8-10-13(11-9-12)16(17,18)15(20)22-5-2/h8-11H,4-7H2,1-3H3/b19-14+. The van der Waals surface area contributed by atoms with E-state index in [0.29, 0.717) is 17.7 Å². The molecule has 0 aromatic heterocycles. The Balaban J connectivity index is 2.98. The van der Waals surface area contributed by atoms with Crippen LogP contribution in [0.1, 0.15) is 44.2 Å². The van der Waals surface area contributed by atoms with Gasteiger partial charge in [0.2, 0.25) is 0 Å². The summed E-state index contributed by atoms with van der Waals surface area (Å²) in [6.45, 7) is 3.44. The smallest absolute Gasteiger partial charge is 0.381 e. The highest BCUT2D eigenvalue weighted by Crippen LogP contribution is 2.29. The van der Waals surface area contributed by atoms with Gasteiger partial charge in [0.25, 0.3) is 0 Å². The number of unbranched alkanes of at least 4 members (excludes halogenated alkanes) is 1. The molecule has 0 aliphatic carbocycles. The van der Waals surface area contributed by atoms with Crippen LogP contribution in [0, 0.1) is 0 Å². The summed E-state index contributed by atoms with van der Waals surface area (Å²) in [6, 6.07) is 5.44. The first kappa shape index (κ1) is 18.1. The van der Waals surface area contributed by atoms with Crippen LogP contribution in [0.5, 0.6) is 0 Å². The van der Waals surface area contributed by atoms with Gasteiger partial charge in [0, 0.05) is 5.56 Å². The number of hydrogen-bond acceptors (Lipinski definition) is 4. The Morgan fingerprint density at radius 2 is 1.86 bits per heavy atom. The summed E-state index contributed by atoms with van der Waals surface area (Å²) in [5, 5.41) is 3.93. The van der Waals surface area contributed by atoms with Crippen LogP contribution in [0.3, 0.4) is 0 Å². The second-order valence-corrected chi connectivity index (χ2v) is 4.70. The molecule has 22 heavy (non-hydrogen) atoms. The van der Waals surface area contributed by atoms with Gasteiger partial charge in [0.1, 0.15) is 7.11 Å². The van der Waals surface area contributed by atoms with Crippen LogP contribution >= 0.6 is 0 Å².